The van der Waals surface area contributed by atoms with Gasteiger partial charge in [-0.15, -0.1) is 0 Å². The summed E-state index contributed by atoms with van der Waals surface area (Å²) in [5, 5.41) is 16.3. The highest BCUT2D eigenvalue weighted by molar-refractivity contribution is 6.00. The monoisotopic (exact) mass is 251 g/mol. The molecule has 0 aromatic heterocycles. The van der Waals surface area contributed by atoms with Crippen molar-refractivity contribution in [1.29, 1.82) is 0 Å². The number of rotatable bonds is 5. The SMILES string of the molecule is CCC(C)NC(=O)c1cc([N+](=O)[O-])ccc1NC. The number of nitrogens with one attached hydrogen (secondary N) is 2. The van der Waals surface area contributed by atoms with Crippen LogP contribution in [0, 0.1) is 10.1 Å². The first kappa shape index (κ1) is 14.0. The van der Waals surface area contributed by atoms with E-state index in [1.54, 1.807) is 7.05 Å². The molecule has 1 rings (SSSR count). The summed E-state index contributed by atoms with van der Waals surface area (Å²) < 4.78 is 0. The lowest BCUT2D eigenvalue weighted by Crippen LogP contribution is -2.32. The third-order valence-electron chi connectivity index (χ3n) is 2.72. The van der Waals surface area contributed by atoms with E-state index in [4.69, 9.17) is 0 Å². The number of nitrogens with zero attached hydrogens (tertiary/aromatic N) is 1. The van der Waals surface area contributed by atoms with E-state index in [9.17, 15) is 14.9 Å². The van der Waals surface area contributed by atoms with Crippen LogP contribution >= 0.6 is 0 Å². The number of hydrogen-bond donors (Lipinski definition) is 2. The molecule has 18 heavy (non-hydrogen) atoms. The smallest absolute Gasteiger partial charge is 0.270 e. The number of non-ortho nitro benzene ring substituents is 1. The summed E-state index contributed by atoms with van der Waals surface area (Å²) in [4.78, 5) is 22.2. The molecule has 1 unspecified atom stereocenters. The summed E-state index contributed by atoms with van der Waals surface area (Å²) in [6.07, 6.45) is 0.801. The van der Waals surface area contributed by atoms with E-state index in [-0.39, 0.29) is 23.2 Å². The minimum absolute atomic E-state index is 0.0291. The molecular formula is C12H17N3O3. The molecule has 0 saturated carbocycles. The predicted octanol–water partition coefficient (Wildman–Crippen LogP) is 2.16. The highest BCUT2D eigenvalue weighted by atomic mass is 16.6. The number of carbonyl (C=O) groups is 1. The van der Waals surface area contributed by atoms with Gasteiger partial charge < -0.3 is 10.6 Å². The van der Waals surface area contributed by atoms with Crippen LogP contribution in [0.15, 0.2) is 18.2 Å². The van der Waals surface area contributed by atoms with Gasteiger partial charge in [-0.3, -0.25) is 14.9 Å². The molecular weight excluding hydrogens is 234 g/mol. The molecule has 0 heterocycles. The molecule has 6 heteroatoms. The number of amides is 1. The van der Waals surface area contributed by atoms with E-state index < -0.39 is 4.92 Å². The van der Waals surface area contributed by atoms with Gasteiger partial charge in [0, 0.05) is 30.9 Å². The van der Waals surface area contributed by atoms with Crippen molar-refractivity contribution >= 4 is 17.3 Å². The number of nitro groups is 1. The van der Waals surface area contributed by atoms with Crippen LogP contribution in [0.4, 0.5) is 11.4 Å². The van der Waals surface area contributed by atoms with E-state index in [0.717, 1.165) is 6.42 Å². The highest BCUT2D eigenvalue weighted by Crippen LogP contribution is 2.21. The molecule has 2 N–H and O–H groups in total. The Bertz CT molecular complexity index is 460. The average Bonchev–Trinajstić information content (AvgIpc) is 2.37. The van der Waals surface area contributed by atoms with Crippen LogP contribution in [0.2, 0.25) is 0 Å². The Labute approximate surface area is 106 Å². The van der Waals surface area contributed by atoms with Crippen molar-refractivity contribution in [1.82, 2.24) is 5.32 Å². The zero-order valence-corrected chi connectivity index (χ0v) is 10.7. The maximum Gasteiger partial charge on any atom is 0.270 e. The Morgan fingerprint density at radius 2 is 2.17 bits per heavy atom. The highest BCUT2D eigenvalue weighted by Gasteiger charge is 2.17. The van der Waals surface area contributed by atoms with Gasteiger partial charge in [0.15, 0.2) is 0 Å². The number of carbonyl (C=O) groups excluding carboxylic acids is 1. The summed E-state index contributed by atoms with van der Waals surface area (Å²) in [5.41, 5.74) is 0.761. The molecule has 0 spiro atoms. The zero-order chi connectivity index (χ0) is 13.7. The third-order valence-corrected chi connectivity index (χ3v) is 2.72. The van der Waals surface area contributed by atoms with Crippen molar-refractivity contribution in [2.24, 2.45) is 0 Å². The fourth-order valence-corrected chi connectivity index (χ4v) is 1.46. The Balaban J connectivity index is 3.07. The van der Waals surface area contributed by atoms with Gasteiger partial charge in [-0.2, -0.15) is 0 Å². The summed E-state index contributed by atoms with van der Waals surface area (Å²) in [6, 6.07) is 4.21. The normalized spacial score (nSPS) is 11.7. The molecule has 98 valence electrons. The number of anilines is 1. The zero-order valence-electron chi connectivity index (χ0n) is 10.7. The van der Waals surface area contributed by atoms with Gasteiger partial charge >= 0.3 is 0 Å². The minimum atomic E-state index is -0.514. The molecule has 1 aromatic carbocycles. The molecule has 1 aromatic rings. The summed E-state index contributed by atoms with van der Waals surface area (Å²) in [5.74, 6) is -0.308. The molecule has 1 amide bonds. The molecule has 0 aliphatic rings. The molecule has 0 radical (unpaired) electrons. The lowest BCUT2D eigenvalue weighted by atomic mass is 10.1. The quantitative estimate of drug-likeness (QED) is 0.620. The van der Waals surface area contributed by atoms with Gasteiger partial charge in [0.05, 0.1) is 10.5 Å². The van der Waals surface area contributed by atoms with Gasteiger partial charge in [0.25, 0.3) is 11.6 Å². The maximum atomic E-state index is 12.0. The van der Waals surface area contributed by atoms with Crippen LogP contribution < -0.4 is 10.6 Å². The standard InChI is InChI=1S/C12H17N3O3/c1-4-8(2)14-12(16)10-7-9(15(17)18)5-6-11(10)13-3/h5-8,13H,4H2,1-3H3,(H,14,16). The first-order valence-corrected chi connectivity index (χ1v) is 5.76. The molecule has 0 aliphatic heterocycles. The first-order chi connectivity index (χ1) is 8.49. The van der Waals surface area contributed by atoms with Crippen LogP contribution in [0.3, 0.4) is 0 Å². The van der Waals surface area contributed by atoms with Crippen molar-refractivity contribution in [2.75, 3.05) is 12.4 Å². The Morgan fingerprint density at radius 3 is 2.67 bits per heavy atom. The molecule has 0 saturated heterocycles. The van der Waals surface area contributed by atoms with E-state index >= 15 is 0 Å². The summed E-state index contributed by atoms with van der Waals surface area (Å²) in [6.45, 7) is 3.84. The van der Waals surface area contributed by atoms with Gasteiger partial charge in [0.1, 0.15) is 0 Å². The molecule has 6 nitrogen and oxygen atoms in total. The molecule has 0 fully saturated rings. The van der Waals surface area contributed by atoms with Crippen molar-refractivity contribution < 1.29 is 9.72 Å². The topological polar surface area (TPSA) is 84.3 Å². The second kappa shape index (κ2) is 6.00. The predicted molar refractivity (Wildman–Crippen MR) is 69.9 cm³/mol. The Hall–Kier alpha value is -2.11. The van der Waals surface area contributed by atoms with Crippen LogP contribution in [0.1, 0.15) is 30.6 Å². The minimum Gasteiger partial charge on any atom is -0.387 e. The van der Waals surface area contributed by atoms with E-state index in [1.165, 1.54) is 18.2 Å². The average molecular weight is 251 g/mol. The van der Waals surface area contributed by atoms with Gasteiger partial charge in [-0.05, 0) is 19.4 Å². The molecule has 1 atom stereocenters. The molecule has 0 bridgehead atoms. The fraction of sp³-hybridized carbons (Fsp3) is 0.417. The van der Waals surface area contributed by atoms with Crippen molar-refractivity contribution in [2.45, 2.75) is 26.3 Å². The lowest BCUT2D eigenvalue weighted by molar-refractivity contribution is -0.384. The van der Waals surface area contributed by atoms with Crippen molar-refractivity contribution in [3.05, 3.63) is 33.9 Å². The number of hydrogen-bond acceptors (Lipinski definition) is 4. The van der Waals surface area contributed by atoms with Crippen LogP contribution in [0.25, 0.3) is 0 Å². The van der Waals surface area contributed by atoms with Crippen LogP contribution in [-0.4, -0.2) is 23.9 Å². The van der Waals surface area contributed by atoms with Crippen LogP contribution in [0.5, 0.6) is 0 Å². The van der Waals surface area contributed by atoms with Crippen LogP contribution in [-0.2, 0) is 0 Å². The number of benzene rings is 1. The Kier molecular flexibility index (Phi) is 4.65. The van der Waals surface area contributed by atoms with Crippen molar-refractivity contribution in [3.8, 4) is 0 Å². The van der Waals surface area contributed by atoms with Gasteiger partial charge in [-0.1, -0.05) is 6.92 Å². The van der Waals surface area contributed by atoms with Crippen molar-refractivity contribution in [3.63, 3.8) is 0 Å². The van der Waals surface area contributed by atoms with Gasteiger partial charge in [0.2, 0.25) is 0 Å². The largest absolute Gasteiger partial charge is 0.387 e. The van der Waals surface area contributed by atoms with E-state index in [2.05, 4.69) is 10.6 Å². The van der Waals surface area contributed by atoms with E-state index in [1.807, 2.05) is 13.8 Å². The third kappa shape index (κ3) is 3.19. The first-order valence-electron chi connectivity index (χ1n) is 5.76. The second-order valence-electron chi connectivity index (χ2n) is 4.02. The second-order valence-corrected chi connectivity index (χ2v) is 4.02. The lowest BCUT2D eigenvalue weighted by Gasteiger charge is -2.13. The number of nitro benzene ring substituents is 1. The molecule has 0 aliphatic carbocycles. The summed E-state index contributed by atoms with van der Waals surface area (Å²) >= 11 is 0. The van der Waals surface area contributed by atoms with Gasteiger partial charge in [-0.25, -0.2) is 0 Å². The maximum absolute atomic E-state index is 12.0. The van der Waals surface area contributed by atoms with E-state index in [0.29, 0.717) is 5.69 Å². The Morgan fingerprint density at radius 1 is 1.50 bits per heavy atom. The summed E-state index contributed by atoms with van der Waals surface area (Å²) in [7, 11) is 1.67. The fourth-order valence-electron chi connectivity index (χ4n) is 1.46.